The SMILES string of the molecule is C(=C\c1ccccc1)/COc1cnc2ccccc2c1. The molecule has 0 saturated heterocycles. The van der Waals surface area contributed by atoms with Crippen LogP contribution in [0.15, 0.2) is 72.9 Å². The highest BCUT2D eigenvalue weighted by molar-refractivity contribution is 5.79. The van der Waals surface area contributed by atoms with Gasteiger partial charge in [-0.15, -0.1) is 0 Å². The van der Waals surface area contributed by atoms with Gasteiger partial charge in [0.2, 0.25) is 0 Å². The lowest BCUT2D eigenvalue weighted by Crippen LogP contribution is -1.94. The van der Waals surface area contributed by atoms with Crippen molar-refractivity contribution in [1.82, 2.24) is 4.98 Å². The largest absolute Gasteiger partial charge is 0.488 e. The Morgan fingerprint density at radius 2 is 1.75 bits per heavy atom. The average molecular weight is 261 g/mol. The second-order valence-corrected chi connectivity index (χ2v) is 4.49. The van der Waals surface area contributed by atoms with Crippen LogP contribution in [0.1, 0.15) is 5.56 Å². The number of pyridine rings is 1. The van der Waals surface area contributed by atoms with Crippen LogP contribution in [-0.4, -0.2) is 11.6 Å². The predicted molar refractivity (Wildman–Crippen MR) is 82.7 cm³/mol. The second kappa shape index (κ2) is 6.02. The van der Waals surface area contributed by atoms with Crippen LogP contribution in [0.2, 0.25) is 0 Å². The minimum Gasteiger partial charge on any atom is -0.488 e. The van der Waals surface area contributed by atoms with Gasteiger partial charge in [-0.2, -0.15) is 0 Å². The monoisotopic (exact) mass is 261 g/mol. The Labute approximate surface area is 118 Å². The quantitative estimate of drug-likeness (QED) is 0.697. The lowest BCUT2D eigenvalue weighted by Gasteiger charge is -2.04. The topological polar surface area (TPSA) is 22.1 Å². The van der Waals surface area contributed by atoms with Crippen LogP contribution in [0, 0.1) is 0 Å². The van der Waals surface area contributed by atoms with Gasteiger partial charge in [0.25, 0.3) is 0 Å². The third kappa shape index (κ3) is 3.04. The zero-order chi connectivity index (χ0) is 13.6. The molecule has 0 unspecified atom stereocenters. The van der Waals surface area contributed by atoms with E-state index >= 15 is 0 Å². The highest BCUT2D eigenvalue weighted by Crippen LogP contribution is 2.17. The van der Waals surface area contributed by atoms with Crippen molar-refractivity contribution in [2.45, 2.75) is 0 Å². The fourth-order valence-corrected chi connectivity index (χ4v) is 2.02. The van der Waals surface area contributed by atoms with E-state index in [1.807, 2.05) is 54.6 Å². The van der Waals surface area contributed by atoms with Crippen LogP contribution in [0.3, 0.4) is 0 Å². The Kier molecular flexibility index (Phi) is 3.74. The molecule has 0 aliphatic heterocycles. The maximum atomic E-state index is 5.69. The van der Waals surface area contributed by atoms with Crippen molar-refractivity contribution >= 4 is 17.0 Å². The molecule has 2 aromatic carbocycles. The molecule has 0 radical (unpaired) electrons. The van der Waals surface area contributed by atoms with Crippen LogP contribution < -0.4 is 4.74 Å². The van der Waals surface area contributed by atoms with Crippen LogP contribution in [0.25, 0.3) is 17.0 Å². The van der Waals surface area contributed by atoms with Crippen LogP contribution in [0.4, 0.5) is 0 Å². The molecule has 2 heteroatoms. The number of benzene rings is 2. The lowest BCUT2D eigenvalue weighted by atomic mass is 10.2. The van der Waals surface area contributed by atoms with Gasteiger partial charge in [-0.3, -0.25) is 4.98 Å². The Hall–Kier alpha value is -2.61. The highest BCUT2D eigenvalue weighted by atomic mass is 16.5. The van der Waals surface area contributed by atoms with E-state index in [2.05, 4.69) is 23.2 Å². The van der Waals surface area contributed by atoms with Gasteiger partial charge in [0.15, 0.2) is 0 Å². The van der Waals surface area contributed by atoms with Gasteiger partial charge in [0.05, 0.1) is 11.7 Å². The van der Waals surface area contributed by atoms with Crippen LogP contribution >= 0.6 is 0 Å². The van der Waals surface area contributed by atoms with E-state index in [1.165, 1.54) is 5.56 Å². The molecule has 0 bridgehead atoms. The van der Waals surface area contributed by atoms with Gasteiger partial charge in [0.1, 0.15) is 12.4 Å². The summed E-state index contributed by atoms with van der Waals surface area (Å²) in [5.74, 6) is 0.793. The number of nitrogens with zero attached hydrogens (tertiary/aromatic N) is 1. The summed E-state index contributed by atoms with van der Waals surface area (Å²) in [6.07, 6.45) is 5.82. The molecule has 3 aromatic rings. The number of ether oxygens (including phenoxy) is 1. The summed E-state index contributed by atoms with van der Waals surface area (Å²) in [5.41, 5.74) is 2.16. The first-order chi connectivity index (χ1) is 9.92. The smallest absolute Gasteiger partial charge is 0.138 e. The van der Waals surface area contributed by atoms with Crippen molar-refractivity contribution in [2.75, 3.05) is 6.61 Å². The van der Waals surface area contributed by atoms with E-state index < -0.39 is 0 Å². The molecule has 1 aromatic heterocycles. The molecule has 0 amide bonds. The molecule has 0 spiro atoms. The molecule has 1 heterocycles. The Bertz CT molecular complexity index is 720. The molecule has 0 N–H and O–H groups in total. The Morgan fingerprint density at radius 1 is 0.950 bits per heavy atom. The van der Waals surface area contributed by atoms with Gasteiger partial charge in [-0.25, -0.2) is 0 Å². The number of hydrogen-bond acceptors (Lipinski definition) is 2. The van der Waals surface area contributed by atoms with Gasteiger partial charge in [-0.05, 0) is 23.8 Å². The minimum atomic E-state index is 0.537. The van der Waals surface area contributed by atoms with Crippen LogP contribution in [-0.2, 0) is 0 Å². The molecule has 98 valence electrons. The summed E-state index contributed by atoms with van der Waals surface area (Å²) in [4.78, 5) is 4.37. The fraction of sp³-hybridized carbons (Fsp3) is 0.0556. The Balaban J connectivity index is 1.64. The van der Waals surface area contributed by atoms with E-state index in [1.54, 1.807) is 6.20 Å². The predicted octanol–water partition coefficient (Wildman–Crippen LogP) is 4.33. The van der Waals surface area contributed by atoms with Crippen molar-refractivity contribution in [3.63, 3.8) is 0 Å². The molecule has 0 fully saturated rings. The van der Waals surface area contributed by atoms with Crippen molar-refractivity contribution in [3.8, 4) is 5.75 Å². The third-order valence-corrected chi connectivity index (χ3v) is 3.02. The molecule has 0 atom stereocenters. The summed E-state index contributed by atoms with van der Waals surface area (Å²) >= 11 is 0. The average Bonchev–Trinajstić information content (AvgIpc) is 2.52. The summed E-state index contributed by atoms with van der Waals surface area (Å²) in [6, 6.07) is 20.2. The van der Waals surface area contributed by atoms with Crippen molar-refractivity contribution < 1.29 is 4.74 Å². The Morgan fingerprint density at radius 3 is 2.65 bits per heavy atom. The molecular weight excluding hydrogens is 246 g/mol. The molecule has 2 nitrogen and oxygen atoms in total. The zero-order valence-corrected chi connectivity index (χ0v) is 11.1. The standard InChI is InChI=1S/C18H15NO/c1-2-7-15(8-3-1)9-6-12-20-17-13-16-10-4-5-11-18(16)19-14-17/h1-11,13-14H,12H2/b9-6+. The third-order valence-electron chi connectivity index (χ3n) is 3.02. The molecule has 3 rings (SSSR count). The summed E-state index contributed by atoms with van der Waals surface area (Å²) in [7, 11) is 0. The zero-order valence-electron chi connectivity index (χ0n) is 11.1. The highest BCUT2D eigenvalue weighted by Gasteiger charge is 1.96. The molecular formula is C18H15NO. The maximum absolute atomic E-state index is 5.69. The van der Waals surface area contributed by atoms with Gasteiger partial charge < -0.3 is 4.74 Å². The minimum absolute atomic E-state index is 0.537. The van der Waals surface area contributed by atoms with Crippen molar-refractivity contribution in [3.05, 3.63) is 78.5 Å². The van der Waals surface area contributed by atoms with E-state index in [4.69, 9.17) is 4.74 Å². The lowest BCUT2D eigenvalue weighted by molar-refractivity contribution is 0.363. The fourth-order valence-electron chi connectivity index (χ4n) is 2.02. The van der Waals surface area contributed by atoms with E-state index in [-0.39, 0.29) is 0 Å². The normalized spacial score (nSPS) is 11.0. The number of hydrogen-bond donors (Lipinski definition) is 0. The maximum Gasteiger partial charge on any atom is 0.138 e. The summed E-state index contributed by atoms with van der Waals surface area (Å²) in [5, 5.41) is 1.09. The first-order valence-electron chi connectivity index (χ1n) is 6.61. The molecule has 0 aliphatic rings. The first-order valence-corrected chi connectivity index (χ1v) is 6.61. The van der Waals surface area contributed by atoms with E-state index in [0.29, 0.717) is 6.61 Å². The van der Waals surface area contributed by atoms with E-state index in [9.17, 15) is 0 Å². The van der Waals surface area contributed by atoms with E-state index in [0.717, 1.165) is 16.7 Å². The number of aromatic nitrogens is 1. The molecule has 20 heavy (non-hydrogen) atoms. The number of para-hydroxylation sites is 1. The number of rotatable bonds is 4. The van der Waals surface area contributed by atoms with Gasteiger partial charge >= 0.3 is 0 Å². The molecule has 0 aliphatic carbocycles. The van der Waals surface area contributed by atoms with Crippen LogP contribution in [0.5, 0.6) is 5.75 Å². The molecule has 0 saturated carbocycles. The summed E-state index contributed by atoms with van der Waals surface area (Å²) in [6.45, 7) is 0.537. The summed E-state index contributed by atoms with van der Waals surface area (Å²) < 4.78 is 5.69. The van der Waals surface area contributed by atoms with Crippen molar-refractivity contribution in [1.29, 1.82) is 0 Å². The number of fused-ring (bicyclic) bond motifs is 1. The van der Waals surface area contributed by atoms with Gasteiger partial charge in [0, 0.05) is 5.39 Å². The first kappa shape index (κ1) is 12.4. The second-order valence-electron chi connectivity index (χ2n) is 4.49. The van der Waals surface area contributed by atoms with Crippen molar-refractivity contribution in [2.24, 2.45) is 0 Å². The van der Waals surface area contributed by atoms with Gasteiger partial charge in [-0.1, -0.05) is 54.6 Å².